The van der Waals surface area contributed by atoms with Gasteiger partial charge in [-0.05, 0) is 44.1 Å². The molecule has 1 saturated heterocycles. The number of carbonyl (C=O) groups is 2. The Morgan fingerprint density at radius 1 is 1.37 bits per heavy atom. The maximum absolute atomic E-state index is 12.1. The molecule has 0 spiro atoms. The van der Waals surface area contributed by atoms with Gasteiger partial charge in [-0.15, -0.1) is 0 Å². The van der Waals surface area contributed by atoms with Gasteiger partial charge in [-0.3, -0.25) is 4.79 Å². The molecule has 5 nitrogen and oxygen atoms in total. The van der Waals surface area contributed by atoms with Gasteiger partial charge in [-0.25, -0.2) is 4.79 Å². The number of carboxylic acids is 1. The first-order valence-electron chi connectivity index (χ1n) is 6.84. The minimum atomic E-state index is -0.872. The number of nitrogens with one attached hydrogen (secondary N) is 1. The van der Waals surface area contributed by atoms with Crippen LogP contribution in [0.15, 0.2) is 0 Å². The molecule has 19 heavy (non-hydrogen) atoms. The van der Waals surface area contributed by atoms with E-state index in [1.165, 1.54) is 11.5 Å². The minimum Gasteiger partial charge on any atom is -0.481 e. The standard InChI is InChI=1S/C13H24N2O3S/c1-10(2)15(6-3-12(16)17)13(18)14-9-11-4-7-19-8-5-11/h10-11H,3-9H2,1-2H3,(H,14,18)(H,16,17). The van der Waals surface area contributed by atoms with Crippen LogP contribution in [0.25, 0.3) is 0 Å². The number of hydrogen-bond acceptors (Lipinski definition) is 3. The molecule has 0 atom stereocenters. The summed E-state index contributed by atoms with van der Waals surface area (Å²) in [4.78, 5) is 24.2. The van der Waals surface area contributed by atoms with Gasteiger partial charge in [-0.1, -0.05) is 0 Å². The Bertz CT molecular complexity index is 304. The number of carbonyl (C=O) groups excluding carboxylic acids is 1. The Morgan fingerprint density at radius 2 is 2.00 bits per heavy atom. The van der Waals surface area contributed by atoms with Gasteiger partial charge < -0.3 is 15.3 Å². The van der Waals surface area contributed by atoms with Gasteiger partial charge in [0.1, 0.15) is 0 Å². The highest BCUT2D eigenvalue weighted by atomic mass is 32.2. The largest absolute Gasteiger partial charge is 0.481 e. The molecule has 0 aliphatic carbocycles. The topological polar surface area (TPSA) is 69.6 Å². The first-order chi connectivity index (χ1) is 9.00. The third-order valence-corrected chi connectivity index (χ3v) is 4.38. The Kier molecular flexibility index (Phi) is 7.05. The van der Waals surface area contributed by atoms with E-state index >= 15 is 0 Å². The molecule has 0 saturated carbocycles. The molecular formula is C13H24N2O3S. The van der Waals surface area contributed by atoms with Crippen molar-refractivity contribution in [3.8, 4) is 0 Å². The predicted octanol–water partition coefficient (Wildman–Crippen LogP) is 2.02. The number of amides is 2. The van der Waals surface area contributed by atoms with Gasteiger partial charge in [0.25, 0.3) is 0 Å². The van der Waals surface area contributed by atoms with Crippen molar-refractivity contribution in [1.29, 1.82) is 0 Å². The fourth-order valence-corrected chi connectivity index (χ4v) is 3.30. The molecule has 1 heterocycles. The summed E-state index contributed by atoms with van der Waals surface area (Å²) in [5.41, 5.74) is 0. The first kappa shape index (κ1) is 16.1. The minimum absolute atomic E-state index is 0.00827. The molecule has 0 aromatic carbocycles. The monoisotopic (exact) mass is 288 g/mol. The number of carboxylic acid groups (broad SMARTS) is 1. The van der Waals surface area contributed by atoms with E-state index in [9.17, 15) is 9.59 Å². The number of hydrogen-bond donors (Lipinski definition) is 2. The highest BCUT2D eigenvalue weighted by Gasteiger charge is 2.20. The summed E-state index contributed by atoms with van der Waals surface area (Å²) in [5.74, 6) is 2.04. The van der Waals surface area contributed by atoms with Crippen LogP contribution >= 0.6 is 11.8 Å². The lowest BCUT2D eigenvalue weighted by Gasteiger charge is -2.28. The SMILES string of the molecule is CC(C)N(CCC(=O)O)C(=O)NCC1CCSCC1. The van der Waals surface area contributed by atoms with Crippen LogP contribution in [-0.4, -0.2) is 52.6 Å². The molecule has 0 bridgehead atoms. The summed E-state index contributed by atoms with van der Waals surface area (Å²) in [6.45, 7) is 4.77. The van der Waals surface area contributed by atoms with Gasteiger partial charge in [0.15, 0.2) is 0 Å². The second-order valence-corrected chi connectivity index (χ2v) is 6.40. The summed E-state index contributed by atoms with van der Waals surface area (Å²) < 4.78 is 0. The summed E-state index contributed by atoms with van der Waals surface area (Å²) in [6, 6.07) is -0.129. The third-order valence-electron chi connectivity index (χ3n) is 3.33. The molecular weight excluding hydrogens is 264 g/mol. The number of rotatable bonds is 6. The van der Waals surface area contributed by atoms with E-state index < -0.39 is 5.97 Å². The maximum Gasteiger partial charge on any atom is 0.317 e. The molecule has 0 aromatic heterocycles. The van der Waals surface area contributed by atoms with Crippen LogP contribution in [0.4, 0.5) is 4.79 Å². The molecule has 0 unspecified atom stereocenters. The van der Waals surface area contributed by atoms with Gasteiger partial charge in [0, 0.05) is 19.1 Å². The molecule has 0 aromatic rings. The molecule has 0 radical (unpaired) electrons. The van der Waals surface area contributed by atoms with Gasteiger partial charge in [0.05, 0.1) is 6.42 Å². The van der Waals surface area contributed by atoms with Gasteiger partial charge >= 0.3 is 12.0 Å². The number of nitrogens with zero attached hydrogens (tertiary/aromatic N) is 1. The van der Waals surface area contributed by atoms with Crippen LogP contribution in [0.2, 0.25) is 0 Å². The van der Waals surface area contributed by atoms with Crippen molar-refractivity contribution < 1.29 is 14.7 Å². The first-order valence-corrected chi connectivity index (χ1v) is 8.00. The molecule has 1 aliphatic heterocycles. The van der Waals surface area contributed by atoms with Crippen LogP contribution in [0.5, 0.6) is 0 Å². The Labute approximate surface area is 119 Å². The van der Waals surface area contributed by atoms with Crippen LogP contribution in [0, 0.1) is 5.92 Å². The van der Waals surface area contributed by atoms with E-state index in [1.807, 2.05) is 25.6 Å². The van der Waals surface area contributed by atoms with E-state index in [0.717, 1.165) is 12.8 Å². The van der Waals surface area contributed by atoms with Crippen LogP contribution in [0.1, 0.15) is 33.1 Å². The zero-order valence-corrected chi connectivity index (χ0v) is 12.5. The Hall–Kier alpha value is -0.910. The van der Waals surface area contributed by atoms with Crippen LogP contribution < -0.4 is 5.32 Å². The molecule has 1 fully saturated rings. The lowest BCUT2D eigenvalue weighted by molar-refractivity contribution is -0.137. The van der Waals surface area contributed by atoms with Crippen molar-refractivity contribution in [2.24, 2.45) is 5.92 Å². The fourth-order valence-electron chi connectivity index (χ4n) is 2.09. The molecule has 2 amide bonds. The zero-order valence-electron chi connectivity index (χ0n) is 11.7. The second-order valence-electron chi connectivity index (χ2n) is 5.17. The second kappa shape index (κ2) is 8.30. The summed E-state index contributed by atoms with van der Waals surface area (Å²) in [6.07, 6.45) is 2.30. The predicted molar refractivity (Wildman–Crippen MR) is 77.5 cm³/mol. The van der Waals surface area contributed by atoms with Gasteiger partial charge in [-0.2, -0.15) is 11.8 Å². The van der Waals surface area contributed by atoms with Crippen molar-refractivity contribution in [2.45, 2.75) is 39.2 Å². The van der Waals surface area contributed by atoms with Crippen molar-refractivity contribution >= 4 is 23.8 Å². The molecule has 1 aliphatic rings. The van der Waals surface area contributed by atoms with Crippen LogP contribution in [-0.2, 0) is 4.79 Å². The van der Waals surface area contributed by atoms with E-state index in [0.29, 0.717) is 12.5 Å². The smallest absolute Gasteiger partial charge is 0.317 e. The Balaban J connectivity index is 2.36. The number of urea groups is 1. The zero-order chi connectivity index (χ0) is 14.3. The molecule has 2 N–H and O–H groups in total. The summed E-state index contributed by atoms with van der Waals surface area (Å²) in [5, 5.41) is 11.6. The normalized spacial score (nSPS) is 16.4. The summed E-state index contributed by atoms with van der Waals surface area (Å²) >= 11 is 1.97. The lowest BCUT2D eigenvalue weighted by Crippen LogP contribution is -2.46. The van der Waals surface area contributed by atoms with Gasteiger partial charge in [0.2, 0.25) is 0 Å². The number of thioether (sulfide) groups is 1. The Morgan fingerprint density at radius 3 is 2.53 bits per heavy atom. The van der Waals surface area contributed by atoms with Crippen LogP contribution in [0.3, 0.4) is 0 Å². The molecule has 1 rings (SSSR count). The third kappa shape index (κ3) is 6.18. The van der Waals surface area contributed by atoms with Crippen molar-refractivity contribution in [3.05, 3.63) is 0 Å². The average molecular weight is 288 g/mol. The highest BCUT2D eigenvalue weighted by molar-refractivity contribution is 7.99. The highest BCUT2D eigenvalue weighted by Crippen LogP contribution is 2.21. The average Bonchev–Trinajstić information content (AvgIpc) is 2.37. The molecule has 110 valence electrons. The summed E-state index contributed by atoms with van der Waals surface area (Å²) in [7, 11) is 0. The fraction of sp³-hybridized carbons (Fsp3) is 0.846. The van der Waals surface area contributed by atoms with E-state index in [2.05, 4.69) is 5.32 Å². The van der Waals surface area contributed by atoms with E-state index in [4.69, 9.17) is 5.11 Å². The van der Waals surface area contributed by atoms with E-state index in [-0.39, 0.29) is 25.0 Å². The quantitative estimate of drug-likeness (QED) is 0.784. The number of aliphatic carboxylic acids is 1. The van der Waals surface area contributed by atoms with E-state index in [1.54, 1.807) is 4.90 Å². The lowest BCUT2D eigenvalue weighted by atomic mass is 10.0. The maximum atomic E-state index is 12.1. The van der Waals surface area contributed by atoms with Crippen molar-refractivity contribution in [3.63, 3.8) is 0 Å². The van der Waals surface area contributed by atoms with Crippen molar-refractivity contribution in [2.75, 3.05) is 24.6 Å². The molecule has 6 heteroatoms. The van der Waals surface area contributed by atoms with Crippen molar-refractivity contribution in [1.82, 2.24) is 10.2 Å².